The van der Waals surface area contributed by atoms with Crippen molar-refractivity contribution in [3.8, 4) is 5.75 Å². The standard InChI is InChI=1S/C16H24N2O3/c1-10-11(2)21-12(3)15(10)16(19)18-8-9-20-14-6-4-13(17)5-7-14/h4-7,10-12,15H,8-9,17H2,1-3H3,(H,18,19). The van der Waals surface area contributed by atoms with Gasteiger partial charge < -0.3 is 20.5 Å². The van der Waals surface area contributed by atoms with Crippen LogP contribution in [0.2, 0.25) is 0 Å². The Kier molecular flexibility index (Phi) is 5.07. The van der Waals surface area contributed by atoms with Crippen molar-refractivity contribution in [1.82, 2.24) is 5.32 Å². The monoisotopic (exact) mass is 292 g/mol. The molecular formula is C16H24N2O3. The van der Waals surface area contributed by atoms with Crippen LogP contribution in [0.4, 0.5) is 5.69 Å². The van der Waals surface area contributed by atoms with E-state index in [2.05, 4.69) is 12.2 Å². The predicted octanol–water partition coefficient (Wildman–Crippen LogP) is 1.82. The highest BCUT2D eigenvalue weighted by molar-refractivity contribution is 5.79. The van der Waals surface area contributed by atoms with Crippen molar-refractivity contribution in [3.63, 3.8) is 0 Å². The molecule has 116 valence electrons. The summed E-state index contributed by atoms with van der Waals surface area (Å²) >= 11 is 0. The minimum Gasteiger partial charge on any atom is -0.492 e. The zero-order valence-corrected chi connectivity index (χ0v) is 12.8. The van der Waals surface area contributed by atoms with Gasteiger partial charge in [-0.05, 0) is 44.0 Å². The largest absolute Gasteiger partial charge is 0.492 e. The van der Waals surface area contributed by atoms with Gasteiger partial charge in [-0.2, -0.15) is 0 Å². The SMILES string of the molecule is CC1OC(C)C(C(=O)NCCOc2ccc(N)cc2)C1C. The zero-order valence-electron chi connectivity index (χ0n) is 12.8. The van der Waals surface area contributed by atoms with Crippen LogP contribution in [0.15, 0.2) is 24.3 Å². The summed E-state index contributed by atoms with van der Waals surface area (Å²) in [6.45, 7) is 6.94. The molecule has 2 rings (SSSR count). The molecule has 3 N–H and O–H groups in total. The molecule has 0 spiro atoms. The number of anilines is 1. The van der Waals surface area contributed by atoms with Crippen molar-refractivity contribution < 1.29 is 14.3 Å². The van der Waals surface area contributed by atoms with E-state index in [0.29, 0.717) is 18.8 Å². The van der Waals surface area contributed by atoms with Crippen LogP contribution in [-0.2, 0) is 9.53 Å². The maximum atomic E-state index is 12.2. The van der Waals surface area contributed by atoms with E-state index in [1.807, 2.05) is 26.0 Å². The van der Waals surface area contributed by atoms with Crippen molar-refractivity contribution in [3.05, 3.63) is 24.3 Å². The first kappa shape index (κ1) is 15.6. The lowest BCUT2D eigenvalue weighted by molar-refractivity contribution is -0.127. The van der Waals surface area contributed by atoms with Gasteiger partial charge in [0.25, 0.3) is 0 Å². The summed E-state index contributed by atoms with van der Waals surface area (Å²) in [7, 11) is 0. The number of rotatable bonds is 5. The van der Waals surface area contributed by atoms with Gasteiger partial charge in [0.1, 0.15) is 12.4 Å². The summed E-state index contributed by atoms with van der Waals surface area (Å²) in [4.78, 5) is 12.2. The number of nitrogens with two attached hydrogens (primary N) is 1. The molecule has 1 fully saturated rings. The van der Waals surface area contributed by atoms with Gasteiger partial charge >= 0.3 is 0 Å². The van der Waals surface area contributed by atoms with Gasteiger partial charge in [0, 0.05) is 5.69 Å². The Balaban J connectivity index is 1.73. The summed E-state index contributed by atoms with van der Waals surface area (Å²) in [6.07, 6.45) is 0.0924. The molecule has 0 bridgehead atoms. The summed E-state index contributed by atoms with van der Waals surface area (Å²) < 4.78 is 11.2. The number of hydrogen-bond donors (Lipinski definition) is 2. The number of nitrogens with one attached hydrogen (secondary N) is 1. The topological polar surface area (TPSA) is 73.6 Å². The molecule has 1 aromatic carbocycles. The van der Waals surface area contributed by atoms with Crippen LogP contribution in [0.3, 0.4) is 0 Å². The van der Waals surface area contributed by atoms with E-state index < -0.39 is 0 Å². The van der Waals surface area contributed by atoms with Gasteiger partial charge in [-0.1, -0.05) is 6.92 Å². The molecule has 0 radical (unpaired) electrons. The van der Waals surface area contributed by atoms with E-state index in [-0.39, 0.29) is 30.0 Å². The summed E-state index contributed by atoms with van der Waals surface area (Å²) in [5.41, 5.74) is 6.31. The molecule has 1 aliphatic heterocycles. The molecule has 1 heterocycles. The molecule has 5 nitrogen and oxygen atoms in total. The summed E-state index contributed by atoms with van der Waals surface area (Å²) in [5.74, 6) is 0.938. The van der Waals surface area contributed by atoms with Crippen LogP contribution in [-0.4, -0.2) is 31.3 Å². The third-order valence-corrected chi connectivity index (χ3v) is 4.09. The van der Waals surface area contributed by atoms with Crippen LogP contribution in [0.5, 0.6) is 5.75 Å². The van der Waals surface area contributed by atoms with Gasteiger partial charge in [-0.25, -0.2) is 0 Å². The smallest absolute Gasteiger partial charge is 0.226 e. The lowest BCUT2D eigenvalue weighted by atomic mass is 9.89. The minimum absolute atomic E-state index is 0.0342. The van der Waals surface area contributed by atoms with E-state index in [4.69, 9.17) is 15.2 Å². The van der Waals surface area contributed by atoms with Gasteiger partial charge in [-0.3, -0.25) is 4.79 Å². The number of carbonyl (C=O) groups is 1. The number of hydrogen-bond acceptors (Lipinski definition) is 4. The molecule has 4 unspecified atom stereocenters. The molecule has 21 heavy (non-hydrogen) atoms. The van der Waals surface area contributed by atoms with Gasteiger partial charge in [0.15, 0.2) is 0 Å². The molecule has 4 atom stereocenters. The number of ether oxygens (including phenoxy) is 2. The fourth-order valence-electron chi connectivity index (χ4n) is 2.74. The Bertz CT molecular complexity index is 475. The lowest BCUT2D eigenvalue weighted by Gasteiger charge is -2.18. The highest BCUT2D eigenvalue weighted by atomic mass is 16.5. The van der Waals surface area contributed by atoms with E-state index in [1.165, 1.54) is 0 Å². The molecule has 0 aromatic heterocycles. The van der Waals surface area contributed by atoms with E-state index in [1.54, 1.807) is 12.1 Å². The molecular weight excluding hydrogens is 268 g/mol. The Labute approximate surface area is 125 Å². The first-order valence-electron chi connectivity index (χ1n) is 7.40. The first-order chi connectivity index (χ1) is 9.99. The van der Waals surface area contributed by atoms with E-state index in [0.717, 1.165) is 5.75 Å². The Hall–Kier alpha value is -1.75. The lowest BCUT2D eigenvalue weighted by Crippen LogP contribution is -2.39. The molecule has 1 saturated heterocycles. The first-order valence-corrected chi connectivity index (χ1v) is 7.40. The third kappa shape index (κ3) is 3.88. The highest BCUT2D eigenvalue weighted by Crippen LogP contribution is 2.32. The quantitative estimate of drug-likeness (QED) is 0.641. The maximum Gasteiger partial charge on any atom is 0.226 e. The van der Waals surface area contributed by atoms with Crippen LogP contribution in [0, 0.1) is 11.8 Å². The molecule has 0 aliphatic carbocycles. The highest BCUT2D eigenvalue weighted by Gasteiger charge is 2.41. The Morgan fingerprint density at radius 1 is 1.24 bits per heavy atom. The molecule has 1 aliphatic rings. The second-order valence-corrected chi connectivity index (χ2v) is 5.64. The maximum absolute atomic E-state index is 12.2. The fraction of sp³-hybridized carbons (Fsp3) is 0.562. The normalized spacial score (nSPS) is 28.3. The zero-order chi connectivity index (χ0) is 15.4. The van der Waals surface area contributed by atoms with Crippen molar-refractivity contribution in [2.75, 3.05) is 18.9 Å². The third-order valence-electron chi connectivity index (χ3n) is 4.09. The predicted molar refractivity (Wildman–Crippen MR) is 82.0 cm³/mol. The van der Waals surface area contributed by atoms with E-state index >= 15 is 0 Å². The van der Waals surface area contributed by atoms with Crippen LogP contribution < -0.4 is 15.8 Å². The molecule has 0 saturated carbocycles. The van der Waals surface area contributed by atoms with Crippen molar-refractivity contribution >= 4 is 11.6 Å². The van der Waals surface area contributed by atoms with Crippen molar-refractivity contribution in [1.29, 1.82) is 0 Å². The number of nitrogen functional groups attached to an aromatic ring is 1. The number of carbonyl (C=O) groups excluding carboxylic acids is 1. The minimum atomic E-state index is -0.0866. The summed E-state index contributed by atoms with van der Waals surface area (Å²) in [5, 5.41) is 2.92. The second-order valence-electron chi connectivity index (χ2n) is 5.64. The molecule has 5 heteroatoms. The van der Waals surface area contributed by atoms with Gasteiger partial charge in [0.2, 0.25) is 5.91 Å². The molecule has 1 aromatic rings. The van der Waals surface area contributed by atoms with Crippen molar-refractivity contribution in [2.45, 2.75) is 33.0 Å². The van der Waals surface area contributed by atoms with E-state index in [9.17, 15) is 4.79 Å². The van der Waals surface area contributed by atoms with Crippen LogP contribution >= 0.6 is 0 Å². The number of amides is 1. The second kappa shape index (κ2) is 6.80. The van der Waals surface area contributed by atoms with Gasteiger partial charge in [-0.15, -0.1) is 0 Å². The summed E-state index contributed by atoms with van der Waals surface area (Å²) in [6, 6.07) is 7.20. The average molecular weight is 292 g/mol. The number of benzene rings is 1. The van der Waals surface area contributed by atoms with Gasteiger partial charge in [0.05, 0.1) is 24.7 Å². The Morgan fingerprint density at radius 3 is 2.48 bits per heavy atom. The Morgan fingerprint density at radius 2 is 1.90 bits per heavy atom. The average Bonchev–Trinajstić information content (AvgIpc) is 2.70. The van der Waals surface area contributed by atoms with Crippen LogP contribution in [0.25, 0.3) is 0 Å². The van der Waals surface area contributed by atoms with Crippen molar-refractivity contribution in [2.24, 2.45) is 11.8 Å². The molecule has 1 amide bonds. The van der Waals surface area contributed by atoms with Crippen LogP contribution in [0.1, 0.15) is 20.8 Å². The fourth-order valence-corrected chi connectivity index (χ4v) is 2.74.